The highest BCUT2D eigenvalue weighted by molar-refractivity contribution is 5.33. The van der Waals surface area contributed by atoms with E-state index in [1.54, 1.807) is 19.1 Å². The van der Waals surface area contributed by atoms with Crippen molar-refractivity contribution < 1.29 is 18.3 Å². The minimum Gasteiger partial charge on any atom is -0.491 e. The number of hydrogen-bond acceptors (Lipinski definition) is 2. The maximum Gasteiger partial charge on any atom is 0.200 e. The lowest BCUT2D eigenvalue weighted by molar-refractivity contribution is 0.00468. The Morgan fingerprint density at radius 2 is 1.88 bits per heavy atom. The molecular weight excluding hydrogens is 310 g/mol. The third-order valence-electron chi connectivity index (χ3n) is 5.34. The van der Waals surface area contributed by atoms with Crippen LogP contribution in [0.4, 0.5) is 8.78 Å². The van der Waals surface area contributed by atoms with Crippen molar-refractivity contribution in [1.29, 1.82) is 0 Å². The third-order valence-corrected chi connectivity index (χ3v) is 5.34. The van der Waals surface area contributed by atoms with Gasteiger partial charge in [0.1, 0.15) is 0 Å². The van der Waals surface area contributed by atoms with E-state index in [-0.39, 0.29) is 17.8 Å². The lowest BCUT2D eigenvalue weighted by atomic mass is 9.75. The lowest BCUT2D eigenvalue weighted by Gasteiger charge is -2.35. The van der Waals surface area contributed by atoms with Crippen LogP contribution in [0.3, 0.4) is 0 Å². The van der Waals surface area contributed by atoms with Crippen LogP contribution in [0.25, 0.3) is 0 Å². The van der Waals surface area contributed by atoms with Crippen LogP contribution in [-0.4, -0.2) is 19.3 Å². The summed E-state index contributed by atoms with van der Waals surface area (Å²) in [5.74, 6) is -0.969. The maximum absolute atomic E-state index is 14.4. The summed E-state index contributed by atoms with van der Waals surface area (Å²) in [5.41, 5.74) is 1.79. The molecule has 0 N–H and O–H groups in total. The monoisotopic (exact) mass is 336 g/mol. The van der Waals surface area contributed by atoms with E-state index in [1.165, 1.54) is 5.57 Å². The number of ether oxygens (including phenoxy) is 2. The number of benzene rings is 1. The van der Waals surface area contributed by atoms with E-state index < -0.39 is 11.6 Å². The molecule has 1 unspecified atom stereocenters. The van der Waals surface area contributed by atoms with E-state index in [0.29, 0.717) is 18.1 Å². The van der Waals surface area contributed by atoms with E-state index in [1.807, 2.05) is 0 Å². The zero-order valence-corrected chi connectivity index (χ0v) is 14.5. The molecule has 4 heteroatoms. The number of halogens is 2. The first-order chi connectivity index (χ1) is 11.6. The average Bonchev–Trinajstić information content (AvgIpc) is 2.60. The van der Waals surface area contributed by atoms with Gasteiger partial charge in [-0.05, 0) is 69.4 Å². The van der Waals surface area contributed by atoms with Gasteiger partial charge in [0.15, 0.2) is 11.6 Å². The van der Waals surface area contributed by atoms with Gasteiger partial charge in [0.25, 0.3) is 0 Å². The number of rotatable bonds is 4. The largest absolute Gasteiger partial charge is 0.491 e. The molecule has 132 valence electrons. The summed E-state index contributed by atoms with van der Waals surface area (Å²) >= 11 is 0. The van der Waals surface area contributed by atoms with Crippen LogP contribution in [0.5, 0.6) is 5.75 Å². The molecule has 2 nitrogen and oxygen atoms in total. The van der Waals surface area contributed by atoms with Gasteiger partial charge >= 0.3 is 0 Å². The van der Waals surface area contributed by atoms with E-state index in [9.17, 15) is 8.78 Å². The quantitative estimate of drug-likeness (QED) is 0.688. The fourth-order valence-electron chi connectivity index (χ4n) is 3.94. The summed E-state index contributed by atoms with van der Waals surface area (Å²) in [6.45, 7) is 4.91. The minimum absolute atomic E-state index is 0.00481. The molecule has 1 fully saturated rings. The van der Waals surface area contributed by atoms with Crippen molar-refractivity contribution in [3.05, 3.63) is 41.0 Å². The molecule has 2 aliphatic rings. The number of hydrogen-bond donors (Lipinski definition) is 0. The molecule has 0 spiro atoms. The smallest absolute Gasteiger partial charge is 0.200 e. The van der Waals surface area contributed by atoms with Crippen molar-refractivity contribution in [2.45, 2.75) is 58.0 Å². The van der Waals surface area contributed by atoms with Crippen molar-refractivity contribution >= 4 is 0 Å². The van der Waals surface area contributed by atoms with Crippen LogP contribution in [-0.2, 0) is 4.74 Å². The first kappa shape index (κ1) is 17.4. The summed E-state index contributed by atoms with van der Waals surface area (Å²) in [6.07, 6.45) is 7.33. The van der Waals surface area contributed by atoms with Gasteiger partial charge in [0.05, 0.1) is 19.3 Å². The van der Waals surface area contributed by atoms with Crippen LogP contribution in [0.2, 0.25) is 0 Å². The van der Waals surface area contributed by atoms with Crippen molar-refractivity contribution in [1.82, 2.24) is 0 Å². The average molecular weight is 336 g/mol. The molecule has 0 bridgehead atoms. The molecule has 1 saturated carbocycles. The molecule has 0 radical (unpaired) electrons. The normalized spacial score (nSPS) is 27.7. The molecule has 1 atom stereocenters. The summed E-state index contributed by atoms with van der Waals surface area (Å²) in [7, 11) is 0. The predicted molar refractivity (Wildman–Crippen MR) is 90.3 cm³/mol. The summed E-state index contributed by atoms with van der Waals surface area (Å²) in [4.78, 5) is 0. The molecule has 0 aromatic heterocycles. The predicted octanol–water partition coefficient (Wildman–Crippen LogP) is 5.37. The topological polar surface area (TPSA) is 18.5 Å². The first-order valence-corrected chi connectivity index (χ1v) is 8.98. The Balaban J connectivity index is 1.63. The highest BCUT2D eigenvalue weighted by Gasteiger charge is 2.31. The summed E-state index contributed by atoms with van der Waals surface area (Å²) < 4.78 is 39.5. The van der Waals surface area contributed by atoms with Crippen LogP contribution in [0.1, 0.15) is 57.4 Å². The lowest BCUT2D eigenvalue weighted by Crippen LogP contribution is -2.30. The Hall–Kier alpha value is -1.42. The van der Waals surface area contributed by atoms with Crippen LogP contribution in [0, 0.1) is 17.6 Å². The third kappa shape index (κ3) is 3.64. The van der Waals surface area contributed by atoms with Crippen LogP contribution >= 0.6 is 0 Å². The van der Waals surface area contributed by atoms with Gasteiger partial charge in [-0.25, -0.2) is 4.39 Å². The molecule has 1 heterocycles. The Bertz CT molecular complexity index is 604. The Labute approximate surface area is 142 Å². The van der Waals surface area contributed by atoms with Gasteiger partial charge in [-0.1, -0.05) is 17.7 Å². The van der Waals surface area contributed by atoms with Gasteiger partial charge in [-0.15, -0.1) is 0 Å². The van der Waals surface area contributed by atoms with Gasteiger partial charge in [0, 0.05) is 0 Å². The fourth-order valence-corrected chi connectivity index (χ4v) is 3.94. The second-order valence-corrected chi connectivity index (χ2v) is 6.96. The van der Waals surface area contributed by atoms with E-state index in [2.05, 4.69) is 13.0 Å². The maximum atomic E-state index is 14.4. The minimum atomic E-state index is -0.854. The molecule has 1 aromatic carbocycles. The highest BCUT2D eigenvalue weighted by atomic mass is 19.2. The van der Waals surface area contributed by atoms with Crippen LogP contribution in [0.15, 0.2) is 23.8 Å². The van der Waals surface area contributed by atoms with Crippen molar-refractivity contribution in [2.24, 2.45) is 5.92 Å². The molecule has 3 rings (SSSR count). The SMILES string of the molecule is CCOc1ccc(C2CCC(C3CC=C(C)CO3)CC2)c(F)c1F. The zero-order chi connectivity index (χ0) is 17.1. The zero-order valence-electron chi connectivity index (χ0n) is 14.5. The van der Waals surface area contributed by atoms with Gasteiger partial charge in [-0.3, -0.25) is 0 Å². The summed E-state index contributed by atoms with van der Waals surface area (Å²) in [5, 5.41) is 0. The van der Waals surface area contributed by atoms with Gasteiger partial charge in [-0.2, -0.15) is 4.39 Å². The second kappa shape index (κ2) is 7.64. The molecule has 0 saturated heterocycles. The second-order valence-electron chi connectivity index (χ2n) is 6.96. The summed E-state index contributed by atoms with van der Waals surface area (Å²) in [6, 6.07) is 3.25. The van der Waals surface area contributed by atoms with E-state index in [0.717, 1.165) is 38.7 Å². The van der Waals surface area contributed by atoms with Crippen molar-refractivity contribution in [3.63, 3.8) is 0 Å². The molecular formula is C20H26F2O2. The fraction of sp³-hybridized carbons (Fsp3) is 0.600. The van der Waals surface area contributed by atoms with Crippen molar-refractivity contribution in [2.75, 3.05) is 13.2 Å². The van der Waals surface area contributed by atoms with Crippen LogP contribution < -0.4 is 4.74 Å². The van der Waals surface area contributed by atoms with E-state index in [4.69, 9.17) is 9.47 Å². The Morgan fingerprint density at radius 3 is 2.50 bits per heavy atom. The standard InChI is InChI=1S/C20H26F2O2/c1-3-23-18-11-9-16(19(21)20(18)22)14-5-7-15(8-6-14)17-10-4-13(2)12-24-17/h4,9,11,14-15,17H,3,5-8,10,12H2,1-2H3. The molecule has 1 aliphatic carbocycles. The highest BCUT2D eigenvalue weighted by Crippen LogP contribution is 2.41. The van der Waals surface area contributed by atoms with Gasteiger partial charge in [0.2, 0.25) is 5.82 Å². The Morgan fingerprint density at radius 1 is 1.12 bits per heavy atom. The van der Waals surface area contributed by atoms with Gasteiger partial charge < -0.3 is 9.47 Å². The Kier molecular flexibility index (Phi) is 5.54. The molecule has 0 amide bonds. The van der Waals surface area contributed by atoms with Crippen molar-refractivity contribution in [3.8, 4) is 5.75 Å². The van der Waals surface area contributed by atoms with E-state index >= 15 is 0 Å². The molecule has 1 aliphatic heterocycles. The molecule has 1 aromatic rings. The first-order valence-electron chi connectivity index (χ1n) is 8.98. The molecule has 24 heavy (non-hydrogen) atoms.